The number of imidazole rings is 1. The zero-order valence-electron chi connectivity index (χ0n) is 13.8. The number of H-pyrrole nitrogens is 1. The SMILES string of the molecule is CC(=O)NCc1ccc2nc(CCOC(C)(C)C(F)(F)F)[nH]c2c1. The third-order valence-electron chi connectivity index (χ3n) is 3.62. The quantitative estimate of drug-likeness (QED) is 0.847. The third kappa shape index (κ3) is 4.47. The van der Waals surface area contributed by atoms with Gasteiger partial charge >= 0.3 is 6.18 Å². The Bertz CT molecular complexity index is 723. The van der Waals surface area contributed by atoms with Gasteiger partial charge in [0.1, 0.15) is 5.82 Å². The molecule has 0 unspecified atom stereocenters. The van der Waals surface area contributed by atoms with E-state index in [0.29, 0.717) is 17.9 Å². The second kappa shape index (κ2) is 6.80. The minimum Gasteiger partial charge on any atom is -0.366 e. The van der Waals surface area contributed by atoms with Gasteiger partial charge in [-0.25, -0.2) is 4.98 Å². The first-order valence-corrected chi connectivity index (χ1v) is 7.51. The number of ether oxygens (including phenoxy) is 1. The molecule has 2 rings (SSSR count). The van der Waals surface area contributed by atoms with Gasteiger partial charge in [0.15, 0.2) is 5.60 Å². The van der Waals surface area contributed by atoms with Crippen LogP contribution in [0.4, 0.5) is 13.2 Å². The van der Waals surface area contributed by atoms with E-state index in [9.17, 15) is 18.0 Å². The fraction of sp³-hybridized carbons (Fsp3) is 0.500. The van der Waals surface area contributed by atoms with Crippen molar-refractivity contribution in [3.63, 3.8) is 0 Å². The molecule has 24 heavy (non-hydrogen) atoms. The topological polar surface area (TPSA) is 67.0 Å². The molecule has 0 atom stereocenters. The van der Waals surface area contributed by atoms with Crippen molar-refractivity contribution in [3.05, 3.63) is 29.6 Å². The van der Waals surface area contributed by atoms with Gasteiger partial charge in [0.25, 0.3) is 0 Å². The molecule has 8 heteroatoms. The minimum absolute atomic E-state index is 0.0922. The number of alkyl halides is 3. The standard InChI is InChI=1S/C16H20F3N3O2/c1-10(23)20-9-11-4-5-12-13(8-11)22-14(21-12)6-7-24-15(2,3)16(17,18)19/h4-5,8H,6-7,9H2,1-3H3,(H,20,23)(H,21,22). The van der Waals surface area contributed by atoms with E-state index in [0.717, 1.165) is 24.9 Å². The van der Waals surface area contributed by atoms with Gasteiger partial charge in [-0.05, 0) is 31.5 Å². The van der Waals surface area contributed by atoms with Crippen LogP contribution in [0.2, 0.25) is 0 Å². The summed E-state index contributed by atoms with van der Waals surface area (Å²) in [6, 6.07) is 5.49. The van der Waals surface area contributed by atoms with Crippen molar-refractivity contribution in [1.29, 1.82) is 0 Å². The first-order valence-electron chi connectivity index (χ1n) is 7.51. The predicted octanol–water partition coefficient (Wildman–Crippen LogP) is 3.10. The van der Waals surface area contributed by atoms with Crippen LogP contribution in [0.25, 0.3) is 11.0 Å². The van der Waals surface area contributed by atoms with Crippen molar-refractivity contribution in [2.45, 2.75) is 45.5 Å². The highest BCUT2D eigenvalue weighted by atomic mass is 19.4. The van der Waals surface area contributed by atoms with Crippen molar-refractivity contribution >= 4 is 16.9 Å². The molecule has 0 saturated heterocycles. The predicted molar refractivity (Wildman–Crippen MR) is 83.4 cm³/mol. The van der Waals surface area contributed by atoms with Crippen molar-refractivity contribution in [3.8, 4) is 0 Å². The van der Waals surface area contributed by atoms with Crippen molar-refractivity contribution in [2.24, 2.45) is 0 Å². The molecule has 0 bridgehead atoms. The molecular formula is C16H20F3N3O2. The number of hydrogen-bond donors (Lipinski definition) is 2. The summed E-state index contributed by atoms with van der Waals surface area (Å²) in [5.74, 6) is 0.435. The Hall–Kier alpha value is -2.09. The summed E-state index contributed by atoms with van der Waals surface area (Å²) in [6.07, 6.45) is -4.17. The Morgan fingerprint density at radius 3 is 2.67 bits per heavy atom. The molecule has 0 fully saturated rings. The Balaban J connectivity index is 1.99. The van der Waals surface area contributed by atoms with Gasteiger partial charge in [-0.15, -0.1) is 0 Å². The molecule has 0 saturated carbocycles. The average Bonchev–Trinajstić information content (AvgIpc) is 2.85. The number of nitrogens with one attached hydrogen (secondary N) is 2. The number of aromatic amines is 1. The van der Waals surface area contributed by atoms with Crippen molar-refractivity contribution in [2.75, 3.05) is 6.61 Å². The highest BCUT2D eigenvalue weighted by Gasteiger charge is 2.48. The largest absolute Gasteiger partial charge is 0.416 e. The Morgan fingerprint density at radius 1 is 1.33 bits per heavy atom. The molecule has 0 aliphatic carbocycles. The molecule has 0 aliphatic heterocycles. The number of carbonyl (C=O) groups excluding carboxylic acids is 1. The number of benzene rings is 1. The number of rotatable bonds is 6. The smallest absolute Gasteiger partial charge is 0.366 e. The minimum atomic E-state index is -4.42. The fourth-order valence-corrected chi connectivity index (χ4v) is 2.05. The van der Waals surface area contributed by atoms with E-state index in [-0.39, 0.29) is 18.9 Å². The third-order valence-corrected chi connectivity index (χ3v) is 3.62. The molecule has 1 aromatic carbocycles. The summed E-state index contributed by atoms with van der Waals surface area (Å²) in [4.78, 5) is 18.3. The molecule has 1 aromatic heterocycles. The number of hydrogen-bond acceptors (Lipinski definition) is 3. The lowest BCUT2D eigenvalue weighted by atomic mass is 10.1. The maximum Gasteiger partial charge on any atom is 0.416 e. The Labute approximate surface area is 137 Å². The maximum absolute atomic E-state index is 12.7. The van der Waals surface area contributed by atoms with Crippen LogP contribution in [0.1, 0.15) is 32.2 Å². The van der Waals surface area contributed by atoms with Gasteiger partial charge < -0.3 is 15.0 Å². The number of carbonyl (C=O) groups is 1. The number of fused-ring (bicyclic) bond motifs is 1. The lowest BCUT2D eigenvalue weighted by Gasteiger charge is -2.27. The van der Waals surface area contributed by atoms with E-state index >= 15 is 0 Å². The highest BCUT2D eigenvalue weighted by molar-refractivity contribution is 5.76. The van der Waals surface area contributed by atoms with Crippen LogP contribution in [-0.2, 0) is 22.5 Å². The second-order valence-electron chi connectivity index (χ2n) is 6.05. The van der Waals surface area contributed by atoms with Gasteiger partial charge in [0.05, 0.1) is 17.6 Å². The van der Waals surface area contributed by atoms with Gasteiger partial charge in [-0.1, -0.05) is 6.07 Å². The van der Waals surface area contributed by atoms with Crippen molar-refractivity contribution in [1.82, 2.24) is 15.3 Å². The van der Waals surface area contributed by atoms with Gasteiger partial charge in [-0.2, -0.15) is 13.2 Å². The molecule has 2 aromatic rings. The summed E-state index contributed by atoms with van der Waals surface area (Å²) in [5.41, 5.74) is 0.196. The van der Waals surface area contributed by atoms with E-state index in [1.165, 1.54) is 6.92 Å². The molecule has 1 amide bonds. The second-order valence-corrected chi connectivity index (χ2v) is 6.05. The molecular weight excluding hydrogens is 323 g/mol. The van der Waals surface area contributed by atoms with Crippen LogP contribution in [0, 0.1) is 0 Å². The van der Waals surface area contributed by atoms with E-state index < -0.39 is 11.8 Å². The first kappa shape index (κ1) is 18.3. The van der Waals surface area contributed by atoms with E-state index in [1.54, 1.807) is 6.07 Å². The van der Waals surface area contributed by atoms with E-state index in [4.69, 9.17) is 4.74 Å². The van der Waals surface area contributed by atoms with Crippen LogP contribution in [0.5, 0.6) is 0 Å². The normalized spacial score (nSPS) is 12.6. The van der Waals surface area contributed by atoms with Crippen LogP contribution in [-0.4, -0.2) is 34.3 Å². The zero-order valence-corrected chi connectivity index (χ0v) is 13.8. The Kier molecular flexibility index (Phi) is 5.17. The van der Waals surface area contributed by atoms with E-state index in [2.05, 4.69) is 15.3 Å². The lowest BCUT2D eigenvalue weighted by Crippen LogP contribution is -2.42. The molecule has 0 radical (unpaired) electrons. The molecule has 132 valence electrons. The summed E-state index contributed by atoms with van der Waals surface area (Å²) >= 11 is 0. The summed E-state index contributed by atoms with van der Waals surface area (Å²) in [5, 5.41) is 2.70. The summed E-state index contributed by atoms with van der Waals surface area (Å²) in [7, 11) is 0. The number of nitrogens with zero attached hydrogens (tertiary/aromatic N) is 1. The maximum atomic E-state index is 12.7. The number of halogens is 3. The van der Waals surface area contributed by atoms with Crippen molar-refractivity contribution < 1.29 is 22.7 Å². The van der Waals surface area contributed by atoms with Gasteiger partial charge in [0, 0.05) is 19.9 Å². The molecule has 1 heterocycles. The van der Waals surface area contributed by atoms with Crippen LogP contribution in [0.15, 0.2) is 18.2 Å². The number of aromatic nitrogens is 2. The fourth-order valence-electron chi connectivity index (χ4n) is 2.05. The Morgan fingerprint density at radius 2 is 2.04 bits per heavy atom. The zero-order chi connectivity index (χ0) is 18.0. The highest BCUT2D eigenvalue weighted by Crippen LogP contribution is 2.32. The van der Waals surface area contributed by atoms with Gasteiger partial charge in [0.2, 0.25) is 5.91 Å². The number of amides is 1. The summed E-state index contributed by atoms with van der Waals surface area (Å²) < 4.78 is 43.1. The molecule has 5 nitrogen and oxygen atoms in total. The molecule has 2 N–H and O–H groups in total. The first-order chi connectivity index (χ1) is 11.1. The van der Waals surface area contributed by atoms with Crippen LogP contribution in [0.3, 0.4) is 0 Å². The molecule has 0 aliphatic rings. The van der Waals surface area contributed by atoms with Crippen LogP contribution >= 0.6 is 0 Å². The summed E-state index contributed by atoms with van der Waals surface area (Å²) in [6.45, 7) is 3.75. The van der Waals surface area contributed by atoms with Gasteiger partial charge in [-0.3, -0.25) is 4.79 Å². The molecule has 0 spiro atoms. The lowest BCUT2D eigenvalue weighted by molar-refractivity contribution is -0.263. The average molecular weight is 343 g/mol. The van der Waals surface area contributed by atoms with Crippen LogP contribution < -0.4 is 5.32 Å². The van der Waals surface area contributed by atoms with E-state index in [1.807, 2.05) is 12.1 Å². The monoisotopic (exact) mass is 343 g/mol.